The number of nitrogens with zero attached hydrogens (tertiary/aromatic N) is 1. The second-order valence-corrected chi connectivity index (χ2v) is 7.15. The number of halogens is 3. The van der Waals surface area contributed by atoms with E-state index in [-0.39, 0.29) is 19.0 Å². The van der Waals surface area contributed by atoms with Crippen molar-refractivity contribution in [2.45, 2.75) is 32.5 Å². The Kier molecular flexibility index (Phi) is 7.48. The zero-order valence-electron chi connectivity index (χ0n) is 17.4. The number of aromatic nitrogens is 1. The van der Waals surface area contributed by atoms with Crippen molar-refractivity contribution in [1.29, 1.82) is 0 Å². The van der Waals surface area contributed by atoms with Crippen molar-refractivity contribution in [1.82, 2.24) is 4.98 Å². The van der Waals surface area contributed by atoms with Gasteiger partial charge in [-0.3, -0.25) is 4.79 Å². The van der Waals surface area contributed by atoms with Crippen LogP contribution in [-0.2, 0) is 12.8 Å². The van der Waals surface area contributed by atoms with E-state index in [4.69, 9.17) is 14.3 Å². The number of hydrogen-bond acceptors (Lipinski definition) is 5. The van der Waals surface area contributed by atoms with E-state index in [1.165, 1.54) is 18.4 Å². The summed E-state index contributed by atoms with van der Waals surface area (Å²) in [6.45, 7) is 1.94. The van der Waals surface area contributed by atoms with Gasteiger partial charge in [0.2, 0.25) is 5.89 Å². The first kappa shape index (κ1) is 23.3. The molecule has 0 amide bonds. The van der Waals surface area contributed by atoms with E-state index >= 15 is 0 Å². The Balaban J connectivity index is 1.57. The smallest absolute Gasteiger partial charge is 0.416 e. The first-order chi connectivity index (χ1) is 15.3. The van der Waals surface area contributed by atoms with Gasteiger partial charge >= 0.3 is 6.18 Å². The summed E-state index contributed by atoms with van der Waals surface area (Å²) in [5.74, 6) is 0.847. The molecule has 168 valence electrons. The van der Waals surface area contributed by atoms with Gasteiger partial charge in [0.25, 0.3) is 0 Å². The van der Waals surface area contributed by atoms with E-state index in [1.54, 1.807) is 30.4 Å². The van der Waals surface area contributed by atoms with Crippen LogP contribution in [0.3, 0.4) is 0 Å². The molecular weight excluding hydrogens is 423 g/mol. The molecule has 32 heavy (non-hydrogen) atoms. The first-order valence-electron chi connectivity index (χ1n) is 9.93. The van der Waals surface area contributed by atoms with Crippen molar-refractivity contribution < 1.29 is 32.2 Å². The number of aliphatic hydroxyl groups excluding tert-OH is 1. The quantitative estimate of drug-likeness (QED) is 0.428. The number of hydrogen-bond donors (Lipinski definition) is 1. The van der Waals surface area contributed by atoms with Gasteiger partial charge in [0.1, 0.15) is 24.3 Å². The zero-order valence-corrected chi connectivity index (χ0v) is 17.4. The molecule has 3 aromatic rings. The third-order valence-electron chi connectivity index (χ3n) is 4.67. The molecule has 0 unspecified atom stereocenters. The molecule has 8 heteroatoms. The van der Waals surface area contributed by atoms with Crippen LogP contribution in [0.2, 0.25) is 0 Å². The van der Waals surface area contributed by atoms with Gasteiger partial charge in [-0.15, -0.1) is 0 Å². The van der Waals surface area contributed by atoms with Crippen LogP contribution in [0.25, 0.3) is 12.2 Å². The lowest BCUT2D eigenvalue weighted by molar-refractivity contribution is -0.137. The van der Waals surface area contributed by atoms with E-state index in [0.29, 0.717) is 41.3 Å². The maximum Gasteiger partial charge on any atom is 0.416 e. The summed E-state index contributed by atoms with van der Waals surface area (Å²) in [5, 5.41) is 8.86. The molecule has 3 rings (SSSR count). The summed E-state index contributed by atoms with van der Waals surface area (Å²) in [6.07, 6.45) is 0.952. The van der Waals surface area contributed by atoms with Crippen LogP contribution in [-0.4, -0.2) is 22.5 Å². The monoisotopic (exact) mass is 445 g/mol. The van der Waals surface area contributed by atoms with Gasteiger partial charge < -0.3 is 14.3 Å². The summed E-state index contributed by atoms with van der Waals surface area (Å²) < 4.78 is 48.9. The SMILES string of the molecule is Cc1cc(OCc2coc(/C=C/c3ccc(C(F)(F)F)cc3)n2)ccc1C(=O)CCCO. The number of Topliss-reactive ketones (excluding diaryl/α,β-unsaturated/α-hetero) is 1. The molecule has 0 fully saturated rings. The van der Waals surface area contributed by atoms with Crippen molar-refractivity contribution in [3.8, 4) is 5.75 Å². The second kappa shape index (κ2) is 10.3. The average Bonchev–Trinajstić information content (AvgIpc) is 3.22. The lowest BCUT2D eigenvalue weighted by Crippen LogP contribution is -2.04. The molecule has 0 saturated carbocycles. The van der Waals surface area contributed by atoms with Crippen LogP contribution in [0, 0.1) is 6.92 Å². The third kappa shape index (κ3) is 6.31. The van der Waals surface area contributed by atoms with E-state index in [1.807, 2.05) is 6.92 Å². The molecular formula is C24H22F3NO4. The highest BCUT2D eigenvalue weighted by Crippen LogP contribution is 2.29. The highest BCUT2D eigenvalue weighted by Gasteiger charge is 2.29. The number of ketones is 1. The maximum absolute atomic E-state index is 12.6. The highest BCUT2D eigenvalue weighted by atomic mass is 19.4. The second-order valence-electron chi connectivity index (χ2n) is 7.15. The van der Waals surface area contributed by atoms with E-state index in [0.717, 1.165) is 17.7 Å². The van der Waals surface area contributed by atoms with E-state index in [2.05, 4.69) is 4.98 Å². The Bertz CT molecular complexity index is 1090. The fourth-order valence-corrected chi connectivity index (χ4v) is 2.99. The first-order valence-corrected chi connectivity index (χ1v) is 9.93. The molecule has 0 radical (unpaired) electrons. The number of benzene rings is 2. The van der Waals surface area contributed by atoms with Crippen molar-refractivity contribution >= 4 is 17.9 Å². The number of ether oxygens (including phenoxy) is 1. The zero-order chi connectivity index (χ0) is 23.1. The summed E-state index contributed by atoms with van der Waals surface area (Å²) in [4.78, 5) is 16.4. The van der Waals surface area contributed by atoms with Crippen LogP contribution < -0.4 is 4.74 Å². The van der Waals surface area contributed by atoms with Crippen molar-refractivity contribution in [2.24, 2.45) is 0 Å². The normalized spacial score (nSPS) is 11.8. The Hall–Kier alpha value is -3.39. The topological polar surface area (TPSA) is 72.6 Å². The number of rotatable bonds is 9. The summed E-state index contributed by atoms with van der Waals surface area (Å²) in [6, 6.07) is 9.93. The van der Waals surface area contributed by atoms with Crippen LogP contribution in [0.4, 0.5) is 13.2 Å². The fraction of sp³-hybridized carbons (Fsp3) is 0.250. The Labute approximate surface area is 183 Å². The van der Waals surface area contributed by atoms with Gasteiger partial charge in [-0.25, -0.2) is 4.98 Å². The van der Waals surface area contributed by atoms with Crippen LogP contribution in [0.15, 0.2) is 53.1 Å². The average molecular weight is 445 g/mol. The number of oxazole rings is 1. The molecule has 0 spiro atoms. The Morgan fingerprint density at radius 1 is 1.16 bits per heavy atom. The minimum Gasteiger partial charge on any atom is -0.487 e. The molecule has 0 saturated heterocycles. The number of alkyl halides is 3. The summed E-state index contributed by atoms with van der Waals surface area (Å²) in [5.41, 5.74) is 1.80. The number of carbonyl (C=O) groups is 1. The fourth-order valence-electron chi connectivity index (χ4n) is 2.99. The molecule has 2 aromatic carbocycles. The number of carbonyl (C=O) groups excluding carboxylic acids is 1. The molecule has 0 aliphatic heterocycles. The van der Waals surface area contributed by atoms with Crippen molar-refractivity contribution in [3.63, 3.8) is 0 Å². The van der Waals surface area contributed by atoms with Crippen LogP contribution in [0.1, 0.15) is 51.5 Å². The molecule has 0 atom stereocenters. The van der Waals surface area contributed by atoms with Gasteiger partial charge in [0, 0.05) is 24.7 Å². The molecule has 0 aliphatic carbocycles. The lowest BCUT2D eigenvalue weighted by Gasteiger charge is -2.08. The summed E-state index contributed by atoms with van der Waals surface area (Å²) in [7, 11) is 0. The van der Waals surface area contributed by atoms with E-state index in [9.17, 15) is 18.0 Å². The predicted molar refractivity (Wildman–Crippen MR) is 113 cm³/mol. The Morgan fingerprint density at radius 2 is 1.91 bits per heavy atom. The molecule has 1 N–H and O–H groups in total. The van der Waals surface area contributed by atoms with Gasteiger partial charge in [-0.2, -0.15) is 13.2 Å². The third-order valence-corrected chi connectivity index (χ3v) is 4.67. The largest absolute Gasteiger partial charge is 0.487 e. The molecule has 5 nitrogen and oxygen atoms in total. The van der Waals surface area contributed by atoms with E-state index < -0.39 is 11.7 Å². The molecule has 1 heterocycles. The van der Waals surface area contributed by atoms with Gasteiger partial charge in [-0.05, 0) is 60.9 Å². The molecule has 1 aromatic heterocycles. The van der Waals surface area contributed by atoms with Gasteiger partial charge in [0.15, 0.2) is 5.78 Å². The van der Waals surface area contributed by atoms with Crippen molar-refractivity contribution in [3.05, 3.63) is 82.6 Å². The van der Waals surface area contributed by atoms with Crippen LogP contribution in [0.5, 0.6) is 5.75 Å². The summed E-state index contributed by atoms with van der Waals surface area (Å²) >= 11 is 0. The minimum absolute atomic E-state index is 0.0226. The maximum atomic E-state index is 12.6. The van der Waals surface area contributed by atoms with Crippen LogP contribution >= 0.6 is 0 Å². The minimum atomic E-state index is -4.37. The molecule has 0 bridgehead atoms. The predicted octanol–water partition coefficient (Wildman–Crippen LogP) is 5.71. The van der Waals surface area contributed by atoms with Gasteiger partial charge in [0.05, 0.1) is 5.56 Å². The van der Waals surface area contributed by atoms with Gasteiger partial charge in [-0.1, -0.05) is 12.1 Å². The standard InChI is InChI=1S/C24H22F3NO4/c1-16-13-20(9-10-21(16)22(30)3-2-12-29)31-14-19-15-32-23(28-19)11-6-17-4-7-18(8-5-17)24(25,26)27/h4-11,13,15,29H,2-3,12,14H2,1H3/b11-6+. The van der Waals surface area contributed by atoms with Crippen molar-refractivity contribution in [2.75, 3.05) is 6.61 Å². The highest BCUT2D eigenvalue weighted by molar-refractivity contribution is 5.97. The Morgan fingerprint density at radius 3 is 2.56 bits per heavy atom. The number of aliphatic hydroxyl groups is 1. The number of aryl methyl sites for hydroxylation is 1. The molecule has 0 aliphatic rings. The lowest BCUT2D eigenvalue weighted by atomic mass is 10.0.